The molecule has 5 nitrogen and oxygen atoms in total. The van der Waals surface area contributed by atoms with Gasteiger partial charge < -0.3 is 9.73 Å². The molecule has 1 N–H and O–H groups in total. The van der Waals surface area contributed by atoms with E-state index in [1.54, 1.807) is 30.3 Å². The van der Waals surface area contributed by atoms with E-state index in [1.807, 2.05) is 0 Å². The standard InChI is InChI=1S/C17H13ClFN3O2/c18-12-7-5-11(6-8-12)17-22-21-15(24-17)9-10-20-16(23)13-3-1-2-4-14(13)19/h1-8H,9-10H2,(H,20,23). The number of carbonyl (C=O) groups excluding carboxylic acids is 1. The van der Waals surface area contributed by atoms with Crippen LogP contribution in [-0.4, -0.2) is 22.6 Å². The van der Waals surface area contributed by atoms with Crippen LogP contribution in [-0.2, 0) is 6.42 Å². The molecule has 3 rings (SSSR count). The first kappa shape index (κ1) is 16.1. The lowest BCUT2D eigenvalue weighted by Crippen LogP contribution is -2.26. The minimum absolute atomic E-state index is 0.00452. The third-order valence-electron chi connectivity index (χ3n) is 3.30. The van der Waals surface area contributed by atoms with Crippen LogP contribution in [0.1, 0.15) is 16.2 Å². The molecule has 0 aliphatic rings. The van der Waals surface area contributed by atoms with E-state index in [9.17, 15) is 9.18 Å². The lowest BCUT2D eigenvalue weighted by molar-refractivity contribution is 0.0949. The topological polar surface area (TPSA) is 68.0 Å². The number of carbonyl (C=O) groups is 1. The van der Waals surface area contributed by atoms with Crippen molar-refractivity contribution in [3.63, 3.8) is 0 Å². The molecule has 1 aromatic heterocycles. The Hall–Kier alpha value is -2.73. The zero-order valence-electron chi connectivity index (χ0n) is 12.5. The molecule has 0 bridgehead atoms. The van der Waals surface area contributed by atoms with Crippen LogP contribution >= 0.6 is 11.6 Å². The van der Waals surface area contributed by atoms with Crippen molar-refractivity contribution in [3.05, 3.63) is 70.8 Å². The summed E-state index contributed by atoms with van der Waals surface area (Å²) in [5.74, 6) is -0.278. The Labute approximate surface area is 142 Å². The van der Waals surface area contributed by atoms with Gasteiger partial charge in [-0.05, 0) is 36.4 Å². The quantitative estimate of drug-likeness (QED) is 0.768. The predicted molar refractivity (Wildman–Crippen MR) is 87.2 cm³/mol. The summed E-state index contributed by atoms with van der Waals surface area (Å²) in [7, 11) is 0. The third-order valence-corrected chi connectivity index (χ3v) is 3.55. The van der Waals surface area contributed by atoms with Gasteiger partial charge in [-0.1, -0.05) is 23.7 Å². The van der Waals surface area contributed by atoms with Crippen LogP contribution in [0.25, 0.3) is 11.5 Å². The molecule has 1 heterocycles. The van der Waals surface area contributed by atoms with Gasteiger partial charge in [0.25, 0.3) is 5.91 Å². The van der Waals surface area contributed by atoms with E-state index in [2.05, 4.69) is 15.5 Å². The number of aromatic nitrogens is 2. The van der Waals surface area contributed by atoms with Gasteiger partial charge in [-0.2, -0.15) is 0 Å². The van der Waals surface area contributed by atoms with Gasteiger partial charge in [0, 0.05) is 23.6 Å². The Morgan fingerprint density at radius 1 is 1.12 bits per heavy atom. The minimum atomic E-state index is -0.558. The van der Waals surface area contributed by atoms with Crippen LogP contribution in [0.2, 0.25) is 5.02 Å². The number of nitrogens with one attached hydrogen (secondary N) is 1. The number of nitrogens with zero attached hydrogens (tertiary/aromatic N) is 2. The number of hydrogen-bond donors (Lipinski definition) is 1. The molecule has 3 aromatic rings. The fourth-order valence-electron chi connectivity index (χ4n) is 2.09. The lowest BCUT2D eigenvalue weighted by Gasteiger charge is -2.04. The second-order valence-electron chi connectivity index (χ2n) is 4.99. The van der Waals surface area contributed by atoms with Crippen molar-refractivity contribution in [1.82, 2.24) is 15.5 Å². The largest absolute Gasteiger partial charge is 0.421 e. The highest BCUT2D eigenvalue weighted by atomic mass is 35.5. The number of rotatable bonds is 5. The first-order chi connectivity index (χ1) is 11.6. The Balaban J connectivity index is 1.57. The van der Waals surface area contributed by atoms with Crippen molar-refractivity contribution in [3.8, 4) is 11.5 Å². The number of halogens is 2. The van der Waals surface area contributed by atoms with Gasteiger partial charge >= 0.3 is 0 Å². The van der Waals surface area contributed by atoms with Gasteiger partial charge in [-0.3, -0.25) is 4.79 Å². The molecule has 0 unspecified atom stereocenters. The van der Waals surface area contributed by atoms with Crippen LogP contribution in [0.5, 0.6) is 0 Å². The maximum absolute atomic E-state index is 13.5. The van der Waals surface area contributed by atoms with Crippen LogP contribution < -0.4 is 5.32 Å². The summed E-state index contributed by atoms with van der Waals surface area (Å²) in [6.45, 7) is 0.259. The van der Waals surface area contributed by atoms with Crippen molar-refractivity contribution >= 4 is 17.5 Å². The molecule has 122 valence electrons. The average Bonchev–Trinajstić information content (AvgIpc) is 3.04. The summed E-state index contributed by atoms with van der Waals surface area (Å²) in [5.41, 5.74) is 0.762. The second kappa shape index (κ2) is 7.23. The van der Waals surface area contributed by atoms with Gasteiger partial charge in [0.2, 0.25) is 11.8 Å². The van der Waals surface area contributed by atoms with Crippen molar-refractivity contribution in [1.29, 1.82) is 0 Å². The van der Waals surface area contributed by atoms with Gasteiger partial charge in [0.15, 0.2) is 0 Å². The molecule has 0 aliphatic carbocycles. The van der Waals surface area contributed by atoms with E-state index in [0.29, 0.717) is 23.2 Å². The second-order valence-corrected chi connectivity index (χ2v) is 5.43. The lowest BCUT2D eigenvalue weighted by atomic mass is 10.2. The Kier molecular flexibility index (Phi) is 4.86. The molecule has 0 radical (unpaired) electrons. The highest BCUT2D eigenvalue weighted by molar-refractivity contribution is 6.30. The molecule has 1 amide bonds. The van der Waals surface area contributed by atoms with E-state index in [0.717, 1.165) is 5.56 Å². The highest BCUT2D eigenvalue weighted by Crippen LogP contribution is 2.20. The number of benzene rings is 2. The molecular formula is C17H13ClFN3O2. The summed E-state index contributed by atoms with van der Waals surface area (Å²) in [6.07, 6.45) is 0.348. The summed E-state index contributed by atoms with van der Waals surface area (Å²) in [5, 5.41) is 11.1. The van der Waals surface area contributed by atoms with Crippen molar-refractivity contribution in [2.24, 2.45) is 0 Å². The van der Waals surface area contributed by atoms with E-state index in [1.165, 1.54) is 18.2 Å². The summed E-state index contributed by atoms with van der Waals surface area (Å²) in [6, 6.07) is 12.8. The summed E-state index contributed by atoms with van der Waals surface area (Å²) >= 11 is 5.83. The van der Waals surface area contributed by atoms with Gasteiger partial charge in [0.1, 0.15) is 5.82 Å². The molecule has 0 saturated carbocycles. The molecule has 0 saturated heterocycles. The van der Waals surface area contributed by atoms with Gasteiger partial charge in [0.05, 0.1) is 5.56 Å². The molecule has 0 aliphatic heterocycles. The summed E-state index contributed by atoms with van der Waals surface area (Å²) < 4.78 is 19.0. The third kappa shape index (κ3) is 3.78. The monoisotopic (exact) mass is 345 g/mol. The minimum Gasteiger partial charge on any atom is -0.421 e. The van der Waals surface area contributed by atoms with Gasteiger partial charge in [-0.15, -0.1) is 10.2 Å². The number of hydrogen-bond acceptors (Lipinski definition) is 4. The zero-order chi connectivity index (χ0) is 16.9. The van der Waals surface area contributed by atoms with Crippen molar-refractivity contribution in [2.75, 3.05) is 6.54 Å². The Bertz CT molecular complexity index is 849. The fourth-order valence-corrected chi connectivity index (χ4v) is 2.21. The van der Waals surface area contributed by atoms with Crippen molar-refractivity contribution < 1.29 is 13.6 Å². The fraction of sp³-hybridized carbons (Fsp3) is 0.118. The molecule has 2 aromatic carbocycles. The number of amides is 1. The van der Waals surface area contributed by atoms with Crippen LogP contribution in [0, 0.1) is 5.82 Å². The normalized spacial score (nSPS) is 10.6. The molecule has 0 spiro atoms. The Morgan fingerprint density at radius 3 is 2.62 bits per heavy atom. The highest BCUT2D eigenvalue weighted by Gasteiger charge is 2.12. The van der Waals surface area contributed by atoms with E-state index in [-0.39, 0.29) is 12.1 Å². The first-order valence-corrected chi connectivity index (χ1v) is 7.62. The summed E-state index contributed by atoms with van der Waals surface area (Å²) in [4.78, 5) is 11.9. The molecule has 7 heteroatoms. The molecular weight excluding hydrogens is 333 g/mol. The van der Waals surface area contributed by atoms with Gasteiger partial charge in [-0.25, -0.2) is 4.39 Å². The molecule has 0 fully saturated rings. The zero-order valence-corrected chi connectivity index (χ0v) is 13.3. The van der Waals surface area contributed by atoms with E-state index in [4.69, 9.17) is 16.0 Å². The maximum Gasteiger partial charge on any atom is 0.254 e. The van der Waals surface area contributed by atoms with Crippen LogP contribution in [0.15, 0.2) is 52.9 Å². The maximum atomic E-state index is 13.5. The first-order valence-electron chi connectivity index (χ1n) is 7.24. The van der Waals surface area contributed by atoms with E-state index >= 15 is 0 Å². The molecule has 24 heavy (non-hydrogen) atoms. The predicted octanol–water partition coefficient (Wildman–Crippen LogP) is 3.50. The molecule has 0 atom stereocenters. The smallest absolute Gasteiger partial charge is 0.254 e. The van der Waals surface area contributed by atoms with E-state index < -0.39 is 11.7 Å². The SMILES string of the molecule is O=C(NCCc1nnc(-c2ccc(Cl)cc2)o1)c1ccccc1F. The van der Waals surface area contributed by atoms with Crippen molar-refractivity contribution in [2.45, 2.75) is 6.42 Å². The van der Waals surface area contributed by atoms with Crippen LogP contribution in [0.4, 0.5) is 4.39 Å². The Morgan fingerprint density at radius 2 is 1.88 bits per heavy atom. The average molecular weight is 346 g/mol. The van der Waals surface area contributed by atoms with Crippen LogP contribution in [0.3, 0.4) is 0 Å².